The number of benzene rings is 1. The lowest BCUT2D eigenvalue weighted by Crippen LogP contribution is -1.98. The number of oxazole rings is 1. The monoisotopic (exact) mass is 390 g/mol. The number of aromatic nitrogens is 4. The van der Waals surface area contributed by atoms with E-state index in [-0.39, 0.29) is 0 Å². The van der Waals surface area contributed by atoms with Crippen LogP contribution in [0, 0.1) is 13.8 Å². The Balaban J connectivity index is 1.76. The van der Waals surface area contributed by atoms with Crippen LogP contribution < -0.4 is 4.74 Å². The Labute approximate surface area is 159 Å². The van der Waals surface area contributed by atoms with E-state index in [1.54, 1.807) is 21.3 Å². The molecule has 0 aliphatic heterocycles. The maximum atomic E-state index is 6.37. The molecule has 0 saturated carbocycles. The molecule has 0 N–H and O–H groups in total. The molecule has 6 nitrogen and oxygen atoms in total. The van der Waals surface area contributed by atoms with Crippen molar-refractivity contribution in [1.29, 1.82) is 0 Å². The van der Waals surface area contributed by atoms with E-state index in [2.05, 4.69) is 10.2 Å². The number of hydrogen-bond acceptors (Lipinski definition) is 4. The molecule has 1 aromatic carbocycles. The van der Waals surface area contributed by atoms with E-state index in [4.69, 9.17) is 32.4 Å². The number of halogens is 2. The van der Waals surface area contributed by atoms with Crippen molar-refractivity contribution >= 4 is 28.9 Å². The fourth-order valence-corrected chi connectivity index (χ4v) is 3.41. The van der Waals surface area contributed by atoms with Gasteiger partial charge >= 0.3 is 0 Å². The van der Waals surface area contributed by atoms with Gasteiger partial charge in [0.2, 0.25) is 5.75 Å². The highest BCUT2D eigenvalue weighted by Gasteiger charge is 2.23. The molecule has 0 fully saturated rings. The quantitative estimate of drug-likeness (QED) is 0.500. The van der Waals surface area contributed by atoms with Crippen LogP contribution in [-0.4, -0.2) is 19.4 Å². The second-order valence-corrected chi connectivity index (χ2v) is 6.88. The van der Waals surface area contributed by atoms with Crippen LogP contribution in [0.25, 0.3) is 17.0 Å². The van der Waals surface area contributed by atoms with Crippen molar-refractivity contribution in [3.05, 3.63) is 57.7 Å². The molecule has 0 saturated heterocycles. The maximum Gasteiger partial charge on any atom is 0.266 e. The lowest BCUT2D eigenvalue weighted by Gasteiger charge is -2.03. The topological polar surface area (TPSA) is 57.5 Å². The molecule has 0 amide bonds. The minimum Gasteiger partial charge on any atom is -0.480 e. The van der Waals surface area contributed by atoms with E-state index in [9.17, 15) is 0 Å². The molecule has 0 radical (unpaired) electrons. The van der Waals surface area contributed by atoms with Crippen molar-refractivity contribution in [1.82, 2.24) is 19.4 Å². The van der Waals surface area contributed by atoms with Gasteiger partial charge < -0.3 is 9.15 Å². The summed E-state index contributed by atoms with van der Waals surface area (Å²) in [4.78, 5) is 0. The number of fused-ring (bicyclic) bond motifs is 1. The molecule has 134 valence electrons. The van der Waals surface area contributed by atoms with Gasteiger partial charge in [-0.2, -0.15) is 14.7 Å². The van der Waals surface area contributed by atoms with E-state index in [0.717, 1.165) is 22.6 Å². The number of aryl methyl sites for hydroxylation is 3. The van der Waals surface area contributed by atoms with Crippen molar-refractivity contribution in [3.63, 3.8) is 0 Å². The number of hydrogen-bond donors (Lipinski definition) is 0. The zero-order valence-electron chi connectivity index (χ0n) is 14.5. The Morgan fingerprint density at radius 2 is 1.96 bits per heavy atom. The van der Waals surface area contributed by atoms with Crippen molar-refractivity contribution in [2.45, 2.75) is 20.5 Å². The maximum absolute atomic E-state index is 6.37. The Hall–Kier alpha value is -2.44. The SMILES string of the molecule is Cc1nn2c(-c3ccc(Cl)cc3Cl)c(C)oc2c1OCc1ccn(C)n1. The summed E-state index contributed by atoms with van der Waals surface area (Å²) in [5.41, 5.74) is 3.67. The van der Waals surface area contributed by atoms with Crippen LogP contribution in [-0.2, 0) is 13.7 Å². The summed E-state index contributed by atoms with van der Waals surface area (Å²) in [7, 11) is 1.87. The summed E-state index contributed by atoms with van der Waals surface area (Å²) in [5.74, 6) is 1.29. The fourth-order valence-electron chi connectivity index (χ4n) is 2.91. The van der Waals surface area contributed by atoms with Crippen LogP contribution in [0.2, 0.25) is 10.0 Å². The van der Waals surface area contributed by atoms with E-state index in [0.29, 0.717) is 33.9 Å². The first kappa shape index (κ1) is 17.0. The molecular weight excluding hydrogens is 375 g/mol. The van der Waals surface area contributed by atoms with Crippen LogP contribution in [0.15, 0.2) is 34.9 Å². The molecule has 3 aromatic heterocycles. The standard InChI is InChI=1S/C18H16Cl2N4O2/c1-10-17(25-9-13-6-7-23(3)22-13)18-24(21-10)16(11(2)26-18)14-5-4-12(19)8-15(14)20/h4-8H,9H2,1-3H3. The third kappa shape index (κ3) is 2.85. The second kappa shape index (κ2) is 6.37. The molecule has 0 bridgehead atoms. The van der Waals surface area contributed by atoms with E-state index in [1.807, 2.05) is 39.2 Å². The number of nitrogens with zero attached hydrogens (tertiary/aromatic N) is 4. The third-order valence-electron chi connectivity index (χ3n) is 4.08. The minimum atomic E-state index is 0.333. The zero-order valence-corrected chi connectivity index (χ0v) is 16.0. The molecule has 0 spiro atoms. The molecule has 4 rings (SSSR count). The van der Waals surface area contributed by atoms with E-state index >= 15 is 0 Å². The van der Waals surface area contributed by atoms with Crippen molar-refractivity contribution < 1.29 is 9.15 Å². The normalized spacial score (nSPS) is 11.4. The summed E-state index contributed by atoms with van der Waals surface area (Å²) < 4.78 is 15.3. The molecule has 0 aliphatic carbocycles. The first-order valence-electron chi connectivity index (χ1n) is 7.99. The van der Waals surface area contributed by atoms with Crippen LogP contribution in [0.3, 0.4) is 0 Å². The molecule has 0 unspecified atom stereocenters. The highest BCUT2D eigenvalue weighted by Crippen LogP contribution is 2.37. The van der Waals surface area contributed by atoms with Crippen molar-refractivity contribution in [2.24, 2.45) is 7.05 Å². The van der Waals surface area contributed by atoms with Crippen LogP contribution in [0.5, 0.6) is 5.75 Å². The Bertz CT molecular complexity index is 1110. The van der Waals surface area contributed by atoms with Gasteiger partial charge in [0.15, 0.2) is 0 Å². The number of rotatable bonds is 4. The summed E-state index contributed by atoms with van der Waals surface area (Å²) in [6, 6.07) is 7.25. The van der Waals surface area contributed by atoms with Crippen molar-refractivity contribution in [2.75, 3.05) is 0 Å². The molecule has 4 aromatic rings. The predicted octanol–water partition coefficient (Wildman–Crippen LogP) is 4.83. The lowest BCUT2D eigenvalue weighted by molar-refractivity contribution is 0.296. The summed E-state index contributed by atoms with van der Waals surface area (Å²) >= 11 is 12.4. The Morgan fingerprint density at radius 3 is 2.65 bits per heavy atom. The third-order valence-corrected chi connectivity index (χ3v) is 4.63. The zero-order chi connectivity index (χ0) is 18.4. The van der Waals surface area contributed by atoms with Gasteiger partial charge in [-0.3, -0.25) is 4.68 Å². The lowest BCUT2D eigenvalue weighted by atomic mass is 10.1. The van der Waals surface area contributed by atoms with E-state index in [1.165, 1.54) is 0 Å². The van der Waals surface area contributed by atoms with Crippen LogP contribution in [0.4, 0.5) is 0 Å². The summed E-state index contributed by atoms with van der Waals surface area (Å²) in [6.07, 6.45) is 1.87. The number of ether oxygens (including phenoxy) is 1. The van der Waals surface area contributed by atoms with Gasteiger partial charge in [-0.25, -0.2) is 0 Å². The first-order valence-corrected chi connectivity index (χ1v) is 8.75. The van der Waals surface area contributed by atoms with E-state index < -0.39 is 0 Å². The molecule has 8 heteroatoms. The largest absolute Gasteiger partial charge is 0.480 e. The highest BCUT2D eigenvalue weighted by atomic mass is 35.5. The van der Waals surface area contributed by atoms with Crippen LogP contribution >= 0.6 is 23.2 Å². The predicted molar refractivity (Wildman–Crippen MR) is 99.9 cm³/mol. The smallest absolute Gasteiger partial charge is 0.266 e. The fraction of sp³-hybridized carbons (Fsp3) is 0.222. The minimum absolute atomic E-state index is 0.333. The van der Waals surface area contributed by atoms with Gasteiger partial charge in [-0.15, -0.1) is 0 Å². The van der Waals surface area contributed by atoms with Gasteiger partial charge in [0.05, 0.1) is 10.7 Å². The summed E-state index contributed by atoms with van der Waals surface area (Å²) in [5, 5.41) is 10.00. The second-order valence-electron chi connectivity index (χ2n) is 6.03. The average molecular weight is 391 g/mol. The Kier molecular flexibility index (Phi) is 4.17. The molecule has 26 heavy (non-hydrogen) atoms. The van der Waals surface area contributed by atoms with Gasteiger partial charge in [-0.1, -0.05) is 23.2 Å². The summed E-state index contributed by atoms with van der Waals surface area (Å²) in [6.45, 7) is 4.07. The van der Waals surface area contributed by atoms with Gasteiger partial charge in [0.1, 0.15) is 23.8 Å². The molecule has 0 atom stereocenters. The highest BCUT2D eigenvalue weighted by molar-refractivity contribution is 6.36. The first-order chi connectivity index (χ1) is 12.4. The average Bonchev–Trinajstić information content (AvgIpc) is 3.21. The van der Waals surface area contributed by atoms with Crippen molar-refractivity contribution in [3.8, 4) is 17.0 Å². The molecule has 0 aliphatic rings. The van der Waals surface area contributed by atoms with Crippen LogP contribution in [0.1, 0.15) is 17.1 Å². The Morgan fingerprint density at radius 1 is 1.15 bits per heavy atom. The van der Waals surface area contributed by atoms with Gasteiger partial charge in [-0.05, 0) is 38.1 Å². The molecule has 3 heterocycles. The van der Waals surface area contributed by atoms with Gasteiger partial charge in [0, 0.05) is 23.8 Å². The van der Waals surface area contributed by atoms with Gasteiger partial charge in [0.25, 0.3) is 5.71 Å². The molecular formula is C18H16Cl2N4O2.